The van der Waals surface area contributed by atoms with Crippen molar-refractivity contribution in [2.24, 2.45) is 0 Å². The average Bonchev–Trinajstić information content (AvgIpc) is 2.59. The fourth-order valence-electron chi connectivity index (χ4n) is 2.49. The third-order valence-electron chi connectivity index (χ3n) is 3.89. The van der Waals surface area contributed by atoms with Gasteiger partial charge in [-0.1, -0.05) is 55.8 Å². The van der Waals surface area contributed by atoms with Gasteiger partial charge in [0.05, 0.1) is 6.10 Å². The minimum Gasteiger partial charge on any atom is -0.489 e. The zero-order chi connectivity index (χ0) is 16.5. The third-order valence-corrected chi connectivity index (χ3v) is 3.89. The smallest absolute Gasteiger partial charge is 0.119 e. The van der Waals surface area contributed by atoms with Gasteiger partial charge in [0.25, 0.3) is 0 Å². The van der Waals surface area contributed by atoms with E-state index in [1.165, 1.54) is 0 Å². The van der Waals surface area contributed by atoms with Gasteiger partial charge >= 0.3 is 0 Å². The van der Waals surface area contributed by atoms with Gasteiger partial charge in [-0.2, -0.15) is 0 Å². The predicted octanol–water partition coefficient (Wildman–Crippen LogP) is 4.08. The Morgan fingerprint density at radius 2 is 1.74 bits per heavy atom. The largest absolute Gasteiger partial charge is 0.489 e. The first-order valence-corrected chi connectivity index (χ1v) is 8.37. The van der Waals surface area contributed by atoms with Crippen LogP contribution in [0.25, 0.3) is 0 Å². The molecule has 3 heteroatoms. The Hall–Kier alpha value is -1.84. The van der Waals surface area contributed by atoms with Gasteiger partial charge in [0.15, 0.2) is 0 Å². The van der Waals surface area contributed by atoms with E-state index in [2.05, 4.69) is 19.2 Å². The molecule has 1 unspecified atom stereocenters. The van der Waals surface area contributed by atoms with Crippen molar-refractivity contribution in [3.63, 3.8) is 0 Å². The molecule has 2 N–H and O–H groups in total. The Morgan fingerprint density at radius 3 is 2.39 bits per heavy atom. The van der Waals surface area contributed by atoms with Crippen LogP contribution in [-0.2, 0) is 6.61 Å². The van der Waals surface area contributed by atoms with E-state index in [-0.39, 0.29) is 0 Å². The van der Waals surface area contributed by atoms with Crippen molar-refractivity contribution in [1.29, 1.82) is 0 Å². The molecular weight excluding hydrogens is 286 g/mol. The van der Waals surface area contributed by atoms with E-state index in [9.17, 15) is 5.11 Å². The molecule has 0 aliphatic heterocycles. The molecule has 0 amide bonds. The molecule has 0 heterocycles. The van der Waals surface area contributed by atoms with Gasteiger partial charge in [-0.05, 0) is 36.6 Å². The summed E-state index contributed by atoms with van der Waals surface area (Å²) in [6.07, 6.45) is 1.79. The van der Waals surface area contributed by atoms with Crippen molar-refractivity contribution in [3.05, 3.63) is 65.7 Å². The summed E-state index contributed by atoms with van der Waals surface area (Å²) in [6.45, 7) is 5.45. The summed E-state index contributed by atoms with van der Waals surface area (Å²) in [6, 6.07) is 18.2. The molecule has 2 aromatic rings. The molecule has 2 atom stereocenters. The first-order chi connectivity index (χ1) is 11.2. The molecule has 2 aromatic carbocycles. The highest BCUT2D eigenvalue weighted by Crippen LogP contribution is 2.18. The summed E-state index contributed by atoms with van der Waals surface area (Å²) in [5.41, 5.74) is 2.05. The third kappa shape index (κ3) is 6.05. The van der Waals surface area contributed by atoms with Gasteiger partial charge in [0.1, 0.15) is 12.4 Å². The van der Waals surface area contributed by atoms with Gasteiger partial charge in [-0.3, -0.25) is 0 Å². The van der Waals surface area contributed by atoms with E-state index in [1.54, 1.807) is 0 Å². The molecule has 0 fully saturated rings. The van der Waals surface area contributed by atoms with Crippen molar-refractivity contribution in [2.75, 3.05) is 6.54 Å². The van der Waals surface area contributed by atoms with Crippen LogP contribution >= 0.6 is 0 Å². The van der Waals surface area contributed by atoms with E-state index in [0.717, 1.165) is 29.7 Å². The van der Waals surface area contributed by atoms with Crippen LogP contribution < -0.4 is 10.1 Å². The first-order valence-electron chi connectivity index (χ1n) is 8.37. The van der Waals surface area contributed by atoms with Crippen molar-refractivity contribution < 1.29 is 9.84 Å². The first kappa shape index (κ1) is 17.5. The number of hydrogen-bond acceptors (Lipinski definition) is 3. The highest BCUT2D eigenvalue weighted by atomic mass is 16.5. The monoisotopic (exact) mass is 313 g/mol. The lowest BCUT2D eigenvalue weighted by molar-refractivity contribution is 0.170. The van der Waals surface area contributed by atoms with Gasteiger partial charge in [0.2, 0.25) is 0 Å². The van der Waals surface area contributed by atoms with Crippen molar-refractivity contribution in [1.82, 2.24) is 5.32 Å². The van der Waals surface area contributed by atoms with Crippen LogP contribution in [0, 0.1) is 0 Å². The van der Waals surface area contributed by atoms with E-state index in [1.807, 2.05) is 54.6 Å². The predicted molar refractivity (Wildman–Crippen MR) is 94.5 cm³/mol. The normalized spacial score (nSPS) is 13.5. The topological polar surface area (TPSA) is 41.5 Å². The van der Waals surface area contributed by atoms with Crippen LogP contribution in [0.1, 0.15) is 43.9 Å². The van der Waals surface area contributed by atoms with Crippen LogP contribution in [0.15, 0.2) is 54.6 Å². The molecule has 0 aliphatic carbocycles. The molecule has 0 radical (unpaired) electrons. The Labute approximate surface area is 139 Å². The number of aliphatic hydroxyl groups is 1. The summed E-state index contributed by atoms with van der Waals surface area (Å²) >= 11 is 0. The van der Waals surface area contributed by atoms with Crippen LogP contribution in [0.5, 0.6) is 5.75 Å². The highest BCUT2D eigenvalue weighted by molar-refractivity contribution is 5.29. The Kier molecular flexibility index (Phi) is 7.11. The second-order valence-electron chi connectivity index (χ2n) is 5.96. The number of ether oxygens (including phenoxy) is 1. The molecule has 124 valence electrons. The van der Waals surface area contributed by atoms with E-state index >= 15 is 0 Å². The van der Waals surface area contributed by atoms with Gasteiger partial charge in [-0.25, -0.2) is 0 Å². The zero-order valence-electron chi connectivity index (χ0n) is 14.0. The number of rotatable bonds is 9. The second kappa shape index (κ2) is 9.33. The maximum absolute atomic E-state index is 10.2. The molecular formula is C20H27NO2. The molecule has 0 bridgehead atoms. The minimum absolute atomic E-state index is 0.433. The molecule has 0 saturated heterocycles. The lowest BCUT2D eigenvalue weighted by atomic mass is 10.1. The maximum atomic E-state index is 10.2. The van der Waals surface area contributed by atoms with Crippen LogP contribution in [0.4, 0.5) is 0 Å². The summed E-state index contributed by atoms with van der Waals surface area (Å²) in [5, 5.41) is 13.6. The lowest BCUT2D eigenvalue weighted by Gasteiger charge is -2.17. The molecule has 3 nitrogen and oxygen atoms in total. The lowest BCUT2D eigenvalue weighted by Crippen LogP contribution is -2.30. The van der Waals surface area contributed by atoms with Gasteiger partial charge < -0.3 is 15.2 Å². The number of benzene rings is 2. The molecule has 0 spiro atoms. The van der Waals surface area contributed by atoms with Crippen molar-refractivity contribution >= 4 is 0 Å². The van der Waals surface area contributed by atoms with Gasteiger partial charge in [0, 0.05) is 12.6 Å². The summed E-state index contributed by atoms with van der Waals surface area (Å²) in [7, 11) is 0. The Balaban J connectivity index is 1.81. The standard InChI is InChI=1S/C20H27NO2/c1-3-7-16(2)21-14-20(22)18-10-12-19(13-11-18)23-15-17-8-5-4-6-9-17/h4-6,8-13,16,20-22H,3,7,14-15H2,1-2H3/t16?,20-/m0/s1. The molecule has 23 heavy (non-hydrogen) atoms. The van der Waals surface area contributed by atoms with Crippen molar-refractivity contribution in [2.45, 2.75) is 45.4 Å². The highest BCUT2D eigenvalue weighted by Gasteiger charge is 2.09. The number of nitrogens with one attached hydrogen (secondary N) is 1. The molecule has 2 rings (SSSR count). The summed E-state index contributed by atoms with van der Waals surface area (Å²) in [4.78, 5) is 0. The van der Waals surface area contributed by atoms with E-state index < -0.39 is 6.10 Å². The van der Waals surface area contributed by atoms with Gasteiger partial charge in [-0.15, -0.1) is 0 Å². The molecule has 0 aliphatic rings. The quantitative estimate of drug-likeness (QED) is 0.733. The number of aliphatic hydroxyl groups excluding tert-OH is 1. The fraction of sp³-hybridized carbons (Fsp3) is 0.400. The zero-order valence-corrected chi connectivity index (χ0v) is 14.0. The number of hydrogen-bond donors (Lipinski definition) is 2. The minimum atomic E-state index is -0.488. The van der Waals surface area contributed by atoms with E-state index in [0.29, 0.717) is 19.2 Å². The molecule has 0 saturated carbocycles. The van der Waals surface area contributed by atoms with E-state index in [4.69, 9.17) is 4.74 Å². The fourth-order valence-corrected chi connectivity index (χ4v) is 2.49. The summed E-state index contributed by atoms with van der Waals surface area (Å²) in [5.74, 6) is 0.817. The second-order valence-corrected chi connectivity index (χ2v) is 5.96. The summed E-state index contributed by atoms with van der Waals surface area (Å²) < 4.78 is 5.76. The SMILES string of the molecule is CCCC(C)NC[C@H](O)c1ccc(OCc2ccccc2)cc1. The molecule has 0 aromatic heterocycles. The Bertz CT molecular complexity index is 554. The average molecular weight is 313 g/mol. The maximum Gasteiger partial charge on any atom is 0.119 e. The van der Waals surface area contributed by atoms with Crippen LogP contribution in [0.2, 0.25) is 0 Å². The Morgan fingerprint density at radius 1 is 1.04 bits per heavy atom. The van der Waals surface area contributed by atoms with Crippen LogP contribution in [-0.4, -0.2) is 17.7 Å². The van der Waals surface area contributed by atoms with Crippen LogP contribution in [0.3, 0.4) is 0 Å². The van der Waals surface area contributed by atoms with Crippen molar-refractivity contribution in [3.8, 4) is 5.75 Å².